The van der Waals surface area contributed by atoms with E-state index in [1.54, 1.807) is 25.3 Å². The molecule has 2 N–H and O–H groups in total. The van der Waals surface area contributed by atoms with E-state index in [0.717, 1.165) is 11.1 Å². The summed E-state index contributed by atoms with van der Waals surface area (Å²) in [7, 11) is 3.40. The van der Waals surface area contributed by atoms with Crippen LogP contribution in [0, 0.1) is 0 Å². The Hall–Kier alpha value is -4.37. The molecule has 9 heteroatoms. The number of methoxy groups -OCH3 is 1. The second-order valence-corrected chi connectivity index (χ2v) is 8.66. The summed E-state index contributed by atoms with van der Waals surface area (Å²) in [4.78, 5) is 24.8. The van der Waals surface area contributed by atoms with E-state index in [0.29, 0.717) is 28.1 Å². The molecule has 3 aromatic carbocycles. The zero-order chi connectivity index (χ0) is 25.3. The highest BCUT2D eigenvalue weighted by Gasteiger charge is 2.14. The Morgan fingerprint density at radius 3 is 2.56 bits per heavy atom. The third kappa shape index (κ3) is 6.39. The highest BCUT2D eigenvalue weighted by atomic mass is 32.2. The quantitative estimate of drug-likeness (QED) is 0.252. The number of carbonyl (C=O) groups excluding carboxylic acids is 2. The van der Waals surface area contributed by atoms with Gasteiger partial charge in [0.25, 0.3) is 0 Å². The van der Waals surface area contributed by atoms with E-state index in [4.69, 9.17) is 4.74 Å². The Bertz CT molecular complexity index is 1390. The number of nitrogens with zero attached hydrogens (tertiary/aromatic N) is 3. The molecule has 182 valence electrons. The first-order chi connectivity index (χ1) is 17.5. The van der Waals surface area contributed by atoms with Crippen LogP contribution in [0.3, 0.4) is 0 Å². The summed E-state index contributed by atoms with van der Waals surface area (Å²) >= 11 is 1.28. The van der Waals surface area contributed by atoms with Crippen molar-refractivity contribution in [1.29, 1.82) is 0 Å². The summed E-state index contributed by atoms with van der Waals surface area (Å²) in [6.45, 7) is 0. The molecule has 0 aliphatic heterocycles. The number of ether oxygens (including phenoxy) is 1. The number of amides is 2. The van der Waals surface area contributed by atoms with Gasteiger partial charge in [0.05, 0.1) is 18.6 Å². The maximum Gasteiger partial charge on any atom is 0.248 e. The summed E-state index contributed by atoms with van der Waals surface area (Å²) in [5, 5.41) is 14.8. The van der Waals surface area contributed by atoms with Gasteiger partial charge < -0.3 is 19.9 Å². The third-order valence-electron chi connectivity index (χ3n) is 5.16. The minimum atomic E-state index is -0.230. The van der Waals surface area contributed by atoms with Crippen LogP contribution in [0.1, 0.15) is 5.56 Å². The van der Waals surface area contributed by atoms with Crippen molar-refractivity contribution in [1.82, 2.24) is 14.8 Å². The van der Waals surface area contributed by atoms with Gasteiger partial charge in [-0.05, 0) is 35.9 Å². The molecular formula is C27H25N5O3S. The monoisotopic (exact) mass is 499 g/mol. The Morgan fingerprint density at radius 1 is 0.972 bits per heavy atom. The number of benzene rings is 3. The van der Waals surface area contributed by atoms with Crippen LogP contribution in [0.4, 0.5) is 11.4 Å². The van der Waals surface area contributed by atoms with Gasteiger partial charge in [-0.1, -0.05) is 66.4 Å². The first kappa shape index (κ1) is 24.7. The van der Waals surface area contributed by atoms with Crippen molar-refractivity contribution in [2.75, 3.05) is 23.5 Å². The number of aromatic nitrogens is 3. The molecule has 0 atom stereocenters. The second-order valence-electron chi connectivity index (χ2n) is 7.72. The molecule has 1 heterocycles. The van der Waals surface area contributed by atoms with Crippen LogP contribution in [0.15, 0.2) is 90.1 Å². The summed E-state index contributed by atoms with van der Waals surface area (Å²) in [6, 6.07) is 24.2. The van der Waals surface area contributed by atoms with Crippen molar-refractivity contribution in [2.45, 2.75) is 5.16 Å². The molecule has 0 bridgehead atoms. The average Bonchev–Trinajstić information content (AvgIpc) is 3.27. The molecule has 0 unspecified atom stereocenters. The number of para-hydroxylation sites is 2. The lowest BCUT2D eigenvalue weighted by molar-refractivity contribution is -0.114. The zero-order valence-electron chi connectivity index (χ0n) is 19.8. The van der Waals surface area contributed by atoms with E-state index in [1.165, 1.54) is 17.8 Å². The summed E-state index contributed by atoms with van der Waals surface area (Å²) in [5.74, 6) is 0.972. The van der Waals surface area contributed by atoms with Gasteiger partial charge in [0.1, 0.15) is 5.75 Å². The highest BCUT2D eigenvalue weighted by Crippen LogP contribution is 2.26. The number of hydrogen-bond acceptors (Lipinski definition) is 6. The normalized spacial score (nSPS) is 10.8. The minimum absolute atomic E-state index is 0.161. The van der Waals surface area contributed by atoms with Crippen molar-refractivity contribution in [3.8, 4) is 17.1 Å². The van der Waals surface area contributed by atoms with E-state index in [2.05, 4.69) is 20.8 Å². The maximum atomic E-state index is 12.4. The van der Waals surface area contributed by atoms with Crippen LogP contribution in [-0.2, 0) is 16.6 Å². The fourth-order valence-corrected chi connectivity index (χ4v) is 4.12. The number of hydrogen-bond donors (Lipinski definition) is 2. The summed E-state index contributed by atoms with van der Waals surface area (Å²) < 4.78 is 7.09. The number of thioether (sulfide) groups is 1. The van der Waals surface area contributed by atoms with Crippen molar-refractivity contribution < 1.29 is 14.3 Å². The van der Waals surface area contributed by atoms with Gasteiger partial charge in [-0.3, -0.25) is 9.59 Å². The molecule has 8 nitrogen and oxygen atoms in total. The van der Waals surface area contributed by atoms with Crippen LogP contribution >= 0.6 is 11.8 Å². The molecule has 0 aliphatic rings. The molecule has 0 saturated carbocycles. The predicted molar refractivity (Wildman–Crippen MR) is 143 cm³/mol. The Balaban J connectivity index is 1.38. The zero-order valence-corrected chi connectivity index (χ0v) is 20.7. The minimum Gasteiger partial charge on any atom is -0.495 e. The fourth-order valence-electron chi connectivity index (χ4n) is 3.41. The Morgan fingerprint density at radius 2 is 1.75 bits per heavy atom. The Kier molecular flexibility index (Phi) is 8.15. The molecule has 0 radical (unpaired) electrons. The van der Waals surface area contributed by atoms with E-state index < -0.39 is 0 Å². The van der Waals surface area contributed by atoms with Crippen molar-refractivity contribution in [2.24, 2.45) is 7.05 Å². The molecular weight excluding hydrogens is 474 g/mol. The molecule has 0 saturated heterocycles. The van der Waals surface area contributed by atoms with Crippen molar-refractivity contribution in [3.63, 3.8) is 0 Å². The molecule has 0 aliphatic carbocycles. The lowest BCUT2D eigenvalue weighted by Crippen LogP contribution is -2.15. The largest absolute Gasteiger partial charge is 0.495 e. The maximum absolute atomic E-state index is 12.4. The van der Waals surface area contributed by atoms with Crippen molar-refractivity contribution in [3.05, 3.63) is 90.5 Å². The average molecular weight is 500 g/mol. The third-order valence-corrected chi connectivity index (χ3v) is 6.18. The summed E-state index contributed by atoms with van der Waals surface area (Å²) in [5.41, 5.74) is 2.99. The van der Waals surface area contributed by atoms with Crippen LogP contribution in [0.5, 0.6) is 5.75 Å². The number of carbonyl (C=O) groups is 2. The summed E-state index contributed by atoms with van der Waals surface area (Å²) in [6.07, 6.45) is 3.25. The van der Waals surface area contributed by atoms with E-state index >= 15 is 0 Å². The van der Waals surface area contributed by atoms with Crippen molar-refractivity contribution >= 4 is 41.0 Å². The van der Waals surface area contributed by atoms with Gasteiger partial charge in [-0.25, -0.2) is 0 Å². The van der Waals surface area contributed by atoms with Crippen LogP contribution in [0.25, 0.3) is 17.5 Å². The standard InChI is InChI=1S/C27H25N5O3S/c1-32-26(30-31-27(32)36-18-25(34)29-22-13-6-7-14-23(22)35-2)20-11-8-12-21(17-20)28-24(33)16-15-19-9-4-3-5-10-19/h3-17H,18H2,1-2H3,(H,28,33)(H,29,34). The molecule has 1 aromatic heterocycles. The van der Waals surface area contributed by atoms with Gasteiger partial charge in [0.2, 0.25) is 11.8 Å². The lowest BCUT2D eigenvalue weighted by Gasteiger charge is -2.09. The second kappa shape index (κ2) is 11.9. The first-order valence-corrected chi connectivity index (χ1v) is 12.1. The molecule has 4 rings (SSSR count). The highest BCUT2D eigenvalue weighted by molar-refractivity contribution is 7.99. The van der Waals surface area contributed by atoms with E-state index in [-0.39, 0.29) is 17.6 Å². The predicted octanol–water partition coefficient (Wildman–Crippen LogP) is 4.87. The van der Waals surface area contributed by atoms with Gasteiger partial charge in [0, 0.05) is 24.4 Å². The molecule has 4 aromatic rings. The number of rotatable bonds is 9. The molecule has 2 amide bonds. The van der Waals surface area contributed by atoms with E-state index in [9.17, 15) is 9.59 Å². The number of nitrogens with one attached hydrogen (secondary N) is 2. The Labute approximate surface area is 213 Å². The van der Waals surface area contributed by atoms with E-state index in [1.807, 2.05) is 78.3 Å². The SMILES string of the molecule is COc1ccccc1NC(=O)CSc1nnc(-c2cccc(NC(=O)C=Cc3ccccc3)c2)n1C. The van der Waals surface area contributed by atoms with Gasteiger partial charge >= 0.3 is 0 Å². The number of anilines is 2. The fraction of sp³-hybridized carbons (Fsp3) is 0.111. The smallest absolute Gasteiger partial charge is 0.248 e. The molecule has 36 heavy (non-hydrogen) atoms. The van der Waals surface area contributed by atoms with Crippen LogP contribution < -0.4 is 15.4 Å². The molecule has 0 spiro atoms. The molecule has 0 fully saturated rings. The van der Waals surface area contributed by atoms with Gasteiger partial charge in [-0.2, -0.15) is 0 Å². The lowest BCUT2D eigenvalue weighted by atomic mass is 10.2. The topological polar surface area (TPSA) is 98.1 Å². The van der Waals surface area contributed by atoms with Crippen LogP contribution in [0.2, 0.25) is 0 Å². The van der Waals surface area contributed by atoms with Crippen LogP contribution in [-0.4, -0.2) is 39.4 Å². The van der Waals surface area contributed by atoms with Gasteiger partial charge in [0.15, 0.2) is 11.0 Å². The van der Waals surface area contributed by atoms with Gasteiger partial charge in [-0.15, -0.1) is 10.2 Å². The first-order valence-electron chi connectivity index (χ1n) is 11.1.